The van der Waals surface area contributed by atoms with Crippen molar-refractivity contribution in [3.05, 3.63) is 82.9 Å². The van der Waals surface area contributed by atoms with Crippen LogP contribution in [0.15, 0.2) is 71.6 Å². The van der Waals surface area contributed by atoms with E-state index in [4.69, 9.17) is 25.8 Å². The lowest BCUT2D eigenvalue weighted by atomic mass is 10.1. The van der Waals surface area contributed by atoms with E-state index in [1.807, 2.05) is 30.3 Å². The van der Waals surface area contributed by atoms with E-state index in [1.54, 1.807) is 18.2 Å². The second kappa shape index (κ2) is 11.9. The van der Waals surface area contributed by atoms with Crippen LogP contribution >= 0.6 is 11.6 Å². The van der Waals surface area contributed by atoms with E-state index in [2.05, 4.69) is 10.0 Å². The Morgan fingerprint density at radius 1 is 0.857 bits per heavy atom. The predicted octanol–water partition coefficient (Wildman–Crippen LogP) is 3.57. The lowest BCUT2D eigenvalue weighted by molar-refractivity contribution is -0.122. The first-order valence-corrected chi connectivity index (χ1v) is 12.5. The van der Waals surface area contributed by atoms with Crippen molar-refractivity contribution in [1.29, 1.82) is 0 Å². The van der Waals surface area contributed by atoms with E-state index in [-0.39, 0.29) is 28.6 Å². The number of nitrogens with one attached hydrogen (secondary N) is 2. The lowest BCUT2D eigenvalue weighted by Gasteiger charge is -2.20. The summed E-state index contributed by atoms with van der Waals surface area (Å²) in [4.78, 5) is 13.0. The summed E-state index contributed by atoms with van der Waals surface area (Å²) in [6.45, 7) is 0.159. The summed E-state index contributed by atoms with van der Waals surface area (Å²) in [5.41, 5.74) is 1.55. The second-order valence-corrected chi connectivity index (χ2v) is 9.68. The summed E-state index contributed by atoms with van der Waals surface area (Å²) >= 11 is 6.03. The van der Waals surface area contributed by atoms with Crippen LogP contribution in [0, 0.1) is 0 Å². The quantitative estimate of drug-likeness (QED) is 0.402. The molecule has 0 aliphatic rings. The number of sulfonamides is 1. The van der Waals surface area contributed by atoms with Crippen molar-refractivity contribution in [3.63, 3.8) is 0 Å². The fourth-order valence-electron chi connectivity index (χ4n) is 3.45. The Bertz CT molecular complexity index is 1270. The minimum atomic E-state index is -4.15. The Morgan fingerprint density at radius 3 is 2.17 bits per heavy atom. The van der Waals surface area contributed by atoms with Crippen LogP contribution in [-0.4, -0.2) is 41.7 Å². The van der Waals surface area contributed by atoms with E-state index >= 15 is 0 Å². The molecule has 1 atom stereocenters. The summed E-state index contributed by atoms with van der Waals surface area (Å²) < 4.78 is 44.7. The number of benzene rings is 3. The molecule has 0 bridgehead atoms. The Balaban J connectivity index is 1.84. The Labute approximate surface area is 210 Å². The molecule has 0 aliphatic carbocycles. The first kappa shape index (κ1) is 26.3. The van der Waals surface area contributed by atoms with Gasteiger partial charge in [0.2, 0.25) is 15.9 Å². The molecule has 0 fully saturated rings. The van der Waals surface area contributed by atoms with Crippen LogP contribution in [0.25, 0.3) is 0 Å². The molecular weight excluding hydrogens is 492 g/mol. The molecule has 10 heteroatoms. The highest BCUT2D eigenvalue weighted by molar-refractivity contribution is 7.89. The molecular formula is C25H27ClN2O6S. The average Bonchev–Trinajstić information content (AvgIpc) is 2.87. The third-order valence-corrected chi connectivity index (χ3v) is 6.95. The van der Waals surface area contributed by atoms with Gasteiger partial charge in [0.25, 0.3) is 0 Å². The first-order valence-electron chi connectivity index (χ1n) is 10.7. The number of hydrogen-bond donors (Lipinski definition) is 2. The average molecular weight is 519 g/mol. The summed E-state index contributed by atoms with van der Waals surface area (Å²) in [7, 11) is 0.270. The predicted molar refractivity (Wildman–Crippen MR) is 134 cm³/mol. The molecule has 0 aromatic heterocycles. The maximum atomic E-state index is 13.2. The monoisotopic (exact) mass is 518 g/mol. The SMILES string of the molecule is COc1ccc(CNC(=O)C(Cc2ccccc2)NS(=O)(=O)c2cc(Cl)ccc2OC)cc1OC. The zero-order valence-corrected chi connectivity index (χ0v) is 21.2. The van der Waals surface area contributed by atoms with Gasteiger partial charge in [0.1, 0.15) is 16.7 Å². The van der Waals surface area contributed by atoms with Gasteiger partial charge in [-0.3, -0.25) is 4.79 Å². The van der Waals surface area contributed by atoms with Crippen molar-refractivity contribution < 1.29 is 27.4 Å². The van der Waals surface area contributed by atoms with Gasteiger partial charge in [0, 0.05) is 11.6 Å². The van der Waals surface area contributed by atoms with Crippen LogP contribution in [0.2, 0.25) is 5.02 Å². The molecule has 0 spiro atoms. The van der Waals surface area contributed by atoms with Crippen molar-refractivity contribution in [3.8, 4) is 17.2 Å². The summed E-state index contributed by atoms with van der Waals surface area (Å²) in [5, 5.41) is 3.03. The molecule has 0 heterocycles. The molecule has 0 radical (unpaired) electrons. The molecule has 0 saturated carbocycles. The number of carbonyl (C=O) groups excluding carboxylic acids is 1. The van der Waals surface area contributed by atoms with E-state index in [0.29, 0.717) is 11.5 Å². The van der Waals surface area contributed by atoms with Crippen molar-refractivity contribution in [1.82, 2.24) is 10.0 Å². The van der Waals surface area contributed by atoms with Gasteiger partial charge in [-0.15, -0.1) is 0 Å². The summed E-state index contributed by atoms with van der Waals surface area (Å²) in [6, 6.07) is 17.6. The third-order valence-electron chi connectivity index (χ3n) is 5.23. The Kier molecular flexibility index (Phi) is 8.97. The fraction of sp³-hybridized carbons (Fsp3) is 0.240. The lowest BCUT2D eigenvalue weighted by Crippen LogP contribution is -2.47. The van der Waals surface area contributed by atoms with Crippen LogP contribution in [0.5, 0.6) is 17.2 Å². The molecule has 35 heavy (non-hydrogen) atoms. The van der Waals surface area contributed by atoms with Crippen LogP contribution < -0.4 is 24.2 Å². The number of amides is 1. The van der Waals surface area contributed by atoms with E-state index < -0.39 is 22.0 Å². The highest BCUT2D eigenvalue weighted by atomic mass is 35.5. The molecule has 1 amide bonds. The molecule has 8 nitrogen and oxygen atoms in total. The van der Waals surface area contributed by atoms with Gasteiger partial charge in [-0.05, 0) is 47.9 Å². The van der Waals surface area contributed by atoms with Gasteiger partial charge in [-0.1, -0.05) is 48.0 Å². The van der Waals surface area contributed by atoms with E-state index in [9.17, 15) is 13.2 Å². The molecule has 3 aromatic carbocycles. The maximum Gasteiger partial charge on any atom is 0.245 e. The van der Waals surface area contributed by atoms with Gasteiger partial charge in [0.15, 0.2) is 11.5 Å². The van der Waals surface area contributed by atoms with Crippen molar-refractivity contribution >= 4 is 27.5 Å². The van der Waals surface area contributed by atoms with Gasteiger partial charge in [-0.2, -0.15) is 4.72 Å². The highest BCUT2D eigenvalue weighted by Gasteiger charge is 2.28. The molecule has 2 N–H and O–H groups in total. The largest absolute Gasteiger partial charge is 0.495 e. The zero-order valence-electron chi connectivity index (χ0n) is 19.6. The number of rotatable bonds is 11. The number of halogens is 1. The number of methoxy groups -OCH3 is 3. The minimum absolute atomic E-state index is 0.117. The minimum Gasteiger partial charge on any atom is -0.495 e. The zero-order chi connectivity index (χ0) is 25.4. The van der Waals surface area contributed by atoms with Crippen LogP contribution in [0.3, 0.4) is 0 Å². The first-order chi connectivity index (χ1) is 16.8. The van der Waals surface area contributed by atoms with Crippen LogP contribution in [0.1, 0.15) is 11.1 Å². The van der Waals surface area contributed by atoms with Crippen molar-refractivity contribution in [2.24, 2.45) is 0 Å². The van der Waals surface area contributed by atoms with Crippen LogP contribution in [0.4, 0.5) is 0 Å². The summed E-state index contributed by atoms with van der Waals surface area (Å²) in [5.74, 6) is 0.709. The molecule has 0 aliphatic heterocycles. The number of carbonyl (C=O) groups is 1. The van der Waals surface area contributed by atoms with Gasteiger partial charge < -0.3 is 19.5 Å². The van der Waals surface area contributed by atoms with Gasteiger partial charge in [-0.25, -0.2) is 8.42 Å². The third kappa shape index (κ3) is 6.88. The van der Waals surface area contributed by atoms with Crippen LogP contribution in [-0.2, 0) is 27.8 Å². The smallest absolute Gasteiger partial charge is 0.245 e. The second-order valence-electron chi connectivity index (χ2n) is 7.57. The summed E-state index contributed by atoms with van der Waals surface area (Å²) in [6.07, 6.45) is 0.140. The van der Waals surface area contributed by atoms with E-state index in [0.717, 1.165) is 11.1 Å². The van der Waals surface area contributed by atoms with Crippen molar-refractivity contribution in [2.45, 2.75) is 23.9 Å². The molecule has 3 aromatic rings. The molecule has 186 valence electrons. The fourth-order valence-corrected chi connectivity index (χ4v) is 5.08. The molecule has 1 unspecified atom stereocenters. The standard InChI is InChI=1S/C25H27ClN2O6S/c1-32-21-11-9-18(14-23(21)34-3)16-27-25(29)20(13-17-7-5-4-6-8-17)28-35(30,31)24-15-19(26)10-12-22(24)33-2/h4-12,14-15,20,28H,13,16H2,1-3H3,(H,27,29). The number of hydrogen-bond acceptors (Lipinski definition) is 6. The Morgan fingerprint density at radius 2 is 1.51 bits per heavy atom. The van der Waals surface area contributed by atoms with Crippen molar-refractivity contribution in [2.75, 3.05) is 21.3 Å². The topological polar surface area (TPSA) is 103 Å². The maximum absolute atomic E-state index is 13.2. The highest BCUT2D eigenvalue weighted by Crippen LogP contribution is 2.28. The van der Waals surface area contributed by atoms with Gasteiger partial charge >= 0.3 is 0 Å². The normalized spacial score (nSPS) is 12.0. The molecule has 3 rings (SSSR count). The number of ether oxygens (including phenoxy) is 3. The molecule has 0 saturated heterocycles. The Hall–Kier alpha value is -3.27. The van der Waals surface area contributed by atoms with Gasteiger partial charge in [0.05, 0.1) is 21.3 Å². The van der Waals surface area contributed by atoms with E-state index in [1.165, 1.54) is 39.5 Å².